The van der Waals surface area contributed by atoms with Crippen LogP contribution in [0.4, 0.5) is 0 Å². The summed E-state index contributed by atoms with van der Waals surface area (Å²) in [6, 6.07) is 0. The Morgan fingerprint density at radius 3 is 2.64 bits per heavy atom. The van der Waals surface area contributed by atoms with Gasteiger partial charge in [-0.15, -0.1) is 0 Å². The van der Waals surface area contributed by atoms with Crippen molar-refractivity contribution in [2.45, 2.75) is 40.0 Å². The molecule has 0 saturated heterocycles. The van der Waals surface area contributed by atoms with Crippen LogP contribution < -0.4 is 0 Å². The van der Waals surface area contributed by atoms with Crippen molar-refractivity contribution in [1.82, 2.24) is 0 Å². The molecule has 11 heavy (non-hydrogen) atoms. The Bertz CT molecular complexity index is 99.7. The number of oxime groups is 1. The zero-order chi connectivity index (χ0) is 8.53. The average molecular weight is 157 g/mol. The van der Waals surface area contributed by atoms with Gasteiger partial charge in [-0.3, -0.25) is 0 Å². The lowest BCUT2D eigenvalue weighted by molar-refractivity contribution is 0.140. The van der Waals surface area contributed by atoms with E-state index < -0.39 is 0 Å². The summed E-state index contributed by atoms with van der Waals surface area (Å²) in [5.41, 5.74) is 0. The molecule has 0 fully saturated rings. The van der Waals surface area contributed by atoms with Gasteiger partial charge in [0.2, 0.25) is 0 Å². The van der Waals surface area contributed by atoms with E-state index in [4.69, 9.17) is 4.84 Å². The molecule has 0 aromatic heterocycles. The molecule has 2 nitrogen and oxygen atoms in total. The van der Waals surface area contributed by atoms with Gasteiger partial charge < -0.3 is 4.84 Å². The Kier molecular flexibility index (Phi) is 7.21. The van der Waals surface area contributed by atoms with E-state index in [9.17, 15) is 0 Å². The van der Waals surface area contributed by atoms with Crippen molar-refractivity contribution in [3.63, 3.8) is 0 Å². The first-order chi connectivity index (χ1) is 5.27. The van der Waals surface area contributed by atoms with Crippen LogP contribution >= 0.6 is 0 Å². The molecule has 0 heterocycles. The normalized spacial score (nSPS) is 11.3. The number of nitrogens with zero attached hydrogens (tertiary/aromatic N) is 1. The van der Waals surface area contributed by atoms with Crippen LogP contribution in [0, 0.1) is 5.92 Å². The summed E-state index contributed by atoms with van der Waals surface area (Å²) in [5.74, 6) is 0.487. The number of hydrogen-bond acceptors (Lipinski definition) is 2. The molecule has 0 aromatic rings. The summed E-state index contributed by atoms with van der Waals surface area (Å²) < 4.78 is 0. The highest BCUT2D eigenvalue weighted by molar-refractivity contribution is 5.58. The van der Waals surface area contributed by atoms with E-state index in [1.807, 2.05) is 6.21 Å². The predicted octanol–water partition coefficient (Wildman–Crippen LogP) is 2.84. The summed E-state index contributed by atoms with van der Waals surface area (Å²) in [4.78, 5) is 5.02. The van der Waals surface area contributed by atoms with Gasteiger partial charge in [-0.1, -0.05) is 38.8 Å². The van der Waals surface area contributed by atoms with E-state index in [-0.39, 0.29) is 0 Å². The second-order valence-electron chi connectivity index (χ2n) is 3.04. The van der Waals surface area contributed by atoms with E-state index in [2.05, 4.69) is 25.9 Å². The molecule has 0 rings (SSSR count). The summed E-state index contributed by atoms with van der Waals surface area (Å²) in [6.45, 7) is 7.10. The topological polar surface area (TPSA) is 21.6 Å². The molecule has 0 aliphatic carbocycles. The van der Waals surface area contributed by atoms with Gasteiger partial charge in [0, 0.05) is 6.21 Å². The fourth-order valence-corrected chi connectivity index (χ4v) is 0.634. The van der Waals surface area contributed by atoms with Crippen molar-refractivity contribution in [3.8, 4) is 0 Å². The maximum absolute atomic E-state index is 5.02. The molecule has 0 unspecified atom stereocenters. The van der Waals surface area contributed by atoms with Crippen LogP contribution in [0.2, 0.25) is 0 Å². The molecule has 0 radical (unpaired) electrons. The first-order valence-electron chi connectivity index (χ1n) is 4.42. The first-order valence-corrected chi connectivity index (χ1v) is 4.42. The van der Waals surface area contributed by atoms with Gasteiger partial charge in [0.1, 0.15) is 6.61 Å². The van der Waals surface area contributed by atoms with Gasteiger partial charge >= 0.3 is 0 Å². The second kappa shape index (κ2) is 7.58. The summed E-state index contributed by atoms with van der Waals surface area (Å²) >= 11 is 0. The van der Waals surface area contributed by atoms with Crippen molar-refractivity contribution < 1.29 is 4.84 Å². The summed E-state index contributed by atoms with van der Waals surface area (Å²) in [7, 11) is 0. The van der Waals surface area contributed by atoms with E-state index in [0.717, 1.165) is 13.0 Å². The molecule has 0 bridgehead atoms. The molecule has 0 atom stereocenters. The van der Waals surface area contributed by atoms with Crippen LogP contribution in [0.25, 0.3) is 0 Å². The Hall–Kier alpha value is -0.530. The quantitative estimate of drug-likeness (QED) is 0.330. The van der Waals surface area contributed by atoms with Crippen LogP contribution in [0.1, 0.15) is 40.0 Å². The van der Waals surface area contributed by atoms with Crippen LogP contribution in [-0.2, 0) is 4.84 Å². The predicted molar refractivity (Wildman–Crippen MR) is 48.8 cm³/mol. The van der Waals surface area contributed by atoms with Gasteiger partial charge in [0.05, 0.1) is 0 Å². The molecule has 0 N–H and O–H groups in total. The molecule has 0 aliphatic rings. The number of unbranched alkanes of at least 4 members (excludes halogenated alkanes) is 2. The Morgan fingerprint density at radius 1 is 1.36 bits per heavy atom. The number of rotatable bonds is 6. The van der Waals surface area contributed by atoms with E-state index in [1.165, 1.54) is 12.8 Å². The lowest BCUT2D eigenvalue weighted by Gasteiger charge is -1.97. The van der Waals surface area contributed by atoms with Crippen LogP contribution in [0.5, 0.6) is 0 Å². The molecule has 66 valence electrons. The molecular weight excluding hydrogens is 138 g/mol. The minimum atomic E-state index is 0.487. The van der Waals surface area contributed by atoms with Gasteiger partial charge in [0.25, 0.3) is 0 Å². The zero-order valence-electron chi connectivity index (χ0n) is 7.84. The third-order valence-electron chi connectivity index (χ3n) is 1.27. The largest absolute Gasteiger partial charge is 0.396 e. The van der Waals surface area contributed by atoms with Crippen molar-refractivity contribution >= 4 is 6.21 Å². The summed E-state index contributed by atoms with van der Waals surface area (Å²) in [6.07, 6.45) is 5.41. The van der Waals surface area contributed by atoms with Crippen molar-refractivity contribution in [2.75, 3.05) is 6.61 Å². The first kappa shape index (κ1) is 10.5. The molecule has 0 amide bonds. The highest BCUT2D eigenvalue weighted by atomic mass is 16.6. The lowest BCUT2D eigenvalue weighted by atomic mass is 10.3. The average Bonchev–Trinajstić information content (AvgIpc) is 1.96. The highest BCUT2D eigenvalue weighted by Crippen LogP contribution is 1.94. The smallest absolute Gasteiger partial charge is 0.117 e. The van der Waals surface area contributed by atoms with Crippen molar-refractivity contribution in [3.05, 3.63) is 0 Å². The van der Waals surface area contributed by atoms with Crippen molar-refractivity contribution in [2.24, 2.45) is 11.1 Å². The summed E-state index contributed by atoms with van der Waals surface area (Å²) in [5, 5.41) is 3.82. The molecule has 0 saturated carbocycles. The maximum Gasteiger partial charge on any atom is 0.117 e. The minimum Gasteiger partial charge on any atom is -0.396 e. The lowest BCUT2D eigenvalue weighted by Crippen LogP contribution is -1.91. The van der Waals surface area contributed by atoms with Gasteiger partial charge in [-0.25, -0.2) is 0 Å². The Balaban J connectivity index is 3.01. The zero-order valence-corrected chi connectivity index (χ0v) is 7.84. The van der Waals surface area contributed by atoms with Gasteiger partial charge in [-0.05, 0) is 12.3 Å². The van der Waals surface area contributed by atoms with Crippen LogP contribution in [0.15, 0.2) is 5.16 Å². The van der Waals surface area contributed by atoms with Crippen LogP contribution in [0.3, 0.4) is 0 Å². The monoisotopic (exact) mass is 157 g/mol. The van der Waals surface area contributed by atoms with Crippen molar-refractivity contribution in [1.29, 1.82) is 0 Å². The third kappa shape index (κ3) is 9.47. The Labute approximate surface area is 69.6 Å². The molecule has 0 aliphatic heterocycles. The van der Waals surface area contributed by atoms with E-state index >= 15 is 0 Å². The van der Waals surface area contributed by atoms with E-state index in [0.29, 0.717) is 5.92 Å². The minimum absolute atomic E-state index is 0.487. The number of hydrogen-bond donors (Lipinski definition) is 0. The molecule has 0 aromatic carbocycles. The van der Waals surface area contributed by atoms with E-state index in [1.54, 1.807) is 0 Å². The SMILES string of the molecule is CCCCCON=CC(C)C. The standard InChI is InChI=1S/C9H19NO/c1-4-5-6-7-11-10-8-9(2)3/h8-9H,4-7H2,1-3H3. The van der Waals surface area contributed by atoms with Gasteiger partial charge in [0.15, 0.2) is 0 Å². The molecular formula is C9H19NO. The highest BCUT2D eigenvalue weighted by Gasteiger charge is 1.86. The maximum atomic E-state index is 5.02. The second-order valence-corrected chi connectivity index (χ2v) is 3.04. The third-order valence-corrected chi connectivity index (χ3v) is 1.27. The Morgan fingerprint density at radius 2 is 2.09 bits per heavy atom. The van der Waals surface area contributed by atoms with Crippen LogP contribution in [-0.4, -0.2) is 12.8 Å². The molecule has 2 heteroatoms. The fourth-order valence-electron chi connectivity index (χ4n) is 0.634. The molecule has 0 spiro atoms. The fraction of sp³-hybridized carbons (Fsp3) is 0.889. The van der Waals surface area contributed by atoms with Gasteiger partial charge in [-0.2, -0.15) is 0 Å².